The first-order valence-electron chi connectivity index (χ1n) is 7.95. The Labute approximate surface area is 151 Å². The van der Waals surface area contributed by atoms with E-state index in [1.165, 1.54) is 23.1 Å². The molecular formula is C20H20FNO4. The SMILES string of the molecule is COc1cccc(/C=C\C(=O)OCC(=O)N(C)Cc2ccc(F)cc2)c1. The van der Waals surface area contributed by atoms with E-state index in [0.29, 0.717) is 12.3 Å². The molecule has 136 valence electrons. The molecule has 0 aliphatic carbocycles. The standard InChI is InChI=1S/C20H20FNO4/c1-22(13-16-6-9-17(21)10-7-16)19(23)14-26-20(24)11-8-15-4-3-5-18(12-15)25-2/h3-12H,13-14H2,1-2H3/b11-8-. The Morgan fingerprint density at radius 3 is 2.58 bits per heavy atom. The predicted molar refractivity (Wildman–Crippen MR) is 95.9 cm³/mol. The predicted octanol–water partition coefficient (Wildman–Crippen LogP) is 3.05. The molecule has 0 bridgehead atoms. The quantitative estimate of drug-likeness (QED) is 0.565. The van der Waals surface area contributed by atoms with Crippen LogP contribution in [0.3, 0.4) is 0 Å². The van der Waals surface area contributed by atoms with Crippen LogP contribution < -0.4 is 4.74 Å². The highest BCUT2D eigenvalue weighted by atomic mass is 19.1. The smallest absolute Gasteiger partial charge is 0.331 e. The van der Waals surface area contributed by atoms with Crippen molar-refractivity contribution in [2.75, 3.05) is 20.8 Å². The Balaban J connectivity index is 1.81. The Hall–Kier alpha value is -3.15. The van der Waals surface area contributed by atoms with Gasteiger partial charge in [0.05, 0.1) is 7.11 Å². The molecule has 0 aromatic heterocycles. The molecule has 0 atom stereocenters. The molecule has 0 N–H and O–H groups in total. The van der Waals surface area contributed by atoms with Crippen LogP contribution in [0, 0.1) is 5.82 Å². The van der Waals surface area contributed by atoms with Crippen LogP contribution >= 0.6 is 0 Å². The number of methoxy groups -OCH3 is 1. The van der Waals surface area contributed by atoms with Crippen molar-refractivity contribution < 1.29 is 23.5 Å². The Morgan fingerprint density at radius 2 is 1.88 bits per heavy atom. The summed E-state index contributed by atoms with van der Waals surface area (Å²) < 4.78 is 22.9. The second-order valence-corrected chi connectivity index (χ2v) is 5.59. The number of hydrogen-bond donors (Lipinski definition) is 0. The molecule has 26 heavy (non-hydrogen) atoms. The van der Waals surface area contributed by atoms with Gasteiger partial charge >= 0.3 is 5.97 Å². The third-order valence-corrected chi connectivity index (χ3v) is 3.60. The second kappa shape index (κ2) is 9.36. The summed E-state index contributed by atoms with van der Waals surface area (Å²) in [6.45, 7) is -0.0602. The van der Waals surface area contributed by atoms with Gasteiger partial charge in [0.15, 0.2) is 6.61 Å². The number of benzene rings is 2. The molecule has 0 fully saturated rings. The number of likely N-dealkylation sites (N-methyl/N-ethyl adjacent to an activating group) is 1. The number of amides is 1. The zero-order chi connectivity index (χ0) is 18.9. The molecule has 2 aromatic carbocycles. The normalized spacial score (nSPS) is 10.6. The molecule has 5 nitrogen and oxygen atoms in total. The van der Waals surface area contributed by atoms with Gasteiger partial charge in [-0.05, 0) is 41.5 Å². The lowest BCUT2D eigenvalue weighted by atomic mass is 10.2. The van der Waals surface area contributed by atoms with Crippen LogP contribution in [0.2, 0.25) is 0 Å². The van der Waals surface area contributed by atoms with Gasteiger partial charge in [-0.15, -0.1) is 0 Å². The van der Waals surface area contributed by atoms with E-state index in [1.807, 2.05) is 6.07 Å². The molecule has 0 spiro atoms. The number of nitrogens with zero attached hydrogens (tertiary/aromatic N) is 1. The summed E-state index contributed by atoms with van der Waals surface area (Å²) in [4.78, 5) is 25.2. The van der Waals surface area contributed by atoms with Gasteiger partial charge in [0.1, 0.15) is 11.6 Å². The number of rotatable bonds is 7. The number of carbonyl (C=O) groups is 2. The molecule has 2 aromatic rings. The maximum absolute atomic E-state index is 12.9. The molecule has 1 amide bonds. The van der Waals surface area contributed by atoms with E-state index in [1.54, 1.807) is 50.6 Å². The van der Waals surface area contributed by atoms with E-state index in [9.17, 15) is 14.0 Å². The van der Waals surface area contributed by atoms with Gasteiger partial charge in [-0.2, -0.15) is 0 Å². The Morgan fingerprint density at radius 1 is 1.15 bits per heavy atom. The zero-order valence-electron chi connectivity index (χ0n) is 14.6. The van der Waals surface area contributed by atoms with Crippen LogP contribution in [0.25, 0.3) is 6.08 Å². The van der Waals surface area contributed by atoms with Crippen molar-refractivity contribution in [3.63, 3.8) is 0 Å². The molecule has 0 radical (unpaired) electrons. The summed E-state index contributed by atoms with van der Waals surface area (Å²) in [5.41, 5.74) is 1.56. The van der Waals surface area contributed by atoms with Crippen molar-refractivity contribution in [2.24, 2.45) is 0 Å². The van der Waals surface area contributed by atoms with E-state index < -0.39 is 5.97 Å². The molecule has 0 saturated carbocycles. The lowest BCUT2D eigenvalue weighted by molar-refractivity contribution is -0.147. The van der Waals surface area contributed by atoms with Gasteiger partial charge in [0.25, 0.3) is 5.91 Å². The fourth-order valence-corrected chi connectivity index (χ4v) is 2.15. The summed E-state index contributed by atoms with van der Waals surface area (Å²) in [6, 6.07) is 13.0. The summed E-state index contributed by atoms with van der Waals surface area (Å²) in [5, 5.41) is 0. The molecule has 2 rings (SSSR count). The average Bonchev–Trinajstić information content (AvgIpc) is 2.66. The molecule has 6 heteroatoms. The molecule has 0 heterocycles. The number of esters is 1. The van der Waals surface area contributed by atoms with Crippen LogP contribution in [-0.2, 0) is 20.9 Å². The highest BCUT2D eigenvalue weighted by Crippen LogP contribution is 2.13. The first kappa shape index (κ1) is 19.2. The molecule has 0 aliphatic rings. The summed E-state index contributed by atoms with van der Waals surface area (Å²) in [6.07, 6.45) is 2.83. The molecule has 0 unspecified atom stereocenters. The molecular weight excluding hydrogens is 337 g/mol. The fraction of sp³-hybridized carbons (Fsp3) is 0.200. The van der Waals surface area contributed by atoms with Crippen molar-refractivity contribution in [3.05, 3.63) is 71.6 Å². The summed E-state index contributed by atoms with van der Waals surface area (Å²) >= 11 is 0. The van der Waals surface area contributed by atoms with E-state index in [0.717, 1.165) is 11.1 Å². The third kappa shape index (κ3) is 6.05. The topological polar surface area (TPSA) is 55.8 Å². The van der Waals surface area contributed by atoms with Crippen molar-refractivity contribution in [3.8, 4) is 5.75 Å². The molecule has 0 saturated heterocycles. The lowest BCUT2D eigenvalue weighted by Crippen LogP contribution is -2.30. The van der Waals surface area contributed by atoms with Gasteiger partial charge in [-0.25, -0.2) is 9.18 Å². The average molecular weight is 357 g/mol. The Bertz CT molecular complexity index is 787. The zero-order valence-corrected chi connectivity index (χ0v) is 14.6. The van der Waals surface area contributed by atoms with E-state index in [2.05, 4.69) is 0 Å². The van der Waals surface area contributed by atoms with Crippen LogP contribution in [0.5, 0.6) is 5.75 Å². The van der Waals surface area contributed by atoms with Crippen molar-refractivity contribution >= 4 is 18.0 Å². The first-order valence-corrected chi connectivity index (χ1v) is 7.95. The summed E-state index contributed by atoms with van der Waals surface area (Å²) in [5.74, 6) is -0.619. The van der Waals surface area contributed by atoms with E-state index >= 15 is 0 Å². The summed E-state index contributed by atoms with van der Waals surface area (Å²) in [7, 11) is 3.15. The van der Waals surface area contributed by atoms with Crippen LogP contribution in [0.15, 0.2) is 54.6 Å². The fourth-order valence-electron chi connectivity index (χ4n) is 2.15. The van der Waals surface area contributed by atoms with Crippen molar-refractivity contribution in [2.45, 2.75) is 6.54 Å². The highest BCUT2D eigenvalue weighted by Gasteiger charge is 2.11. The van der Waals surface area contributed by atoms with Gasteiger partial charge < -0.3 is 14.4 Å². The minimum atomic E-state index is -0.614. The van der Waals surface area contributed by atoms with Crippen LogP contribution in [0.1, 0.15) is 11.1 Å². The molecule has 0 aliphatic heterocycles. The largest absolute Gasteiger partial charge is 0.497 e. The van der Waals surface area contributed by atoms with E-state index in [4.69, 9.17) is 9.47 Å². The van der Waals surface area contributed by atoms with Gasteiger partial charge in [-0.1, -0.05) is 24.3 Å². The highest BCUT2D eigenvalue weighted by molar-refractivity contribution is 5.89. The number of halogens is 1. The number of ether oxygens (including phenoxy) is 2. The maximum atomic E-state index is 12.9. The van der Waals surface area contributed by atoms with Crippen LogP contribution in [-0.4, -0.2) is 37.5 Å². The number of hydrogen-bond acceptors (Lipinski definition) is 4. The third-order valence-electron chi connectivity index (χ3n) is 3.60. The maximum Gasteiger partial charge on any atom is 0.331 e. The minimum Gasteiger partial charge on any atom is -0.497 e. The Kier molecular flexibility index (Phi) is 6.91. The van der Waals surface area contributed by atoms with Gasteiger partial charge in [0.2, 0.25) is 0 Å². The van der Waals surface area contributed by atoms with Crippen molar-refractivity contribution in [1.29, 1.82) is 0 Å². The number of carbonyl (C=O) groups excluding carboxylic acids is 2. The van der Waals surface area contributed by atoms with Crippen molar-refractivity contribution in [1.82, 2.24) is 4.90 Å². The van der Waals surface area contributed by atoms with Gasteiger partial charge in [0, 0.05) is 19.7 Å². The lowest BCUT2D eigenvalue weighted by Gasteiger charge is -2.16. The monoisotopic (exact) mass is 357 g/mol. The van der Waals surface area contributed by atoms with Gasteiger partial charge in [-0.3, -0.25) is 4.79 Å². The second-order valence-electron chi connectivity index (χ2n) is 5.59. The first-order chi connectivity index (χ1) is 12.5. The van der Waals surface area contributed by atoms with Crippen LogP contribution in [0.4, 0.5) is 4.39 Å². The minimum absolute atomic E-state index is 0.302. The van der Waals surface area contributed by atoms with E-state index in [-0.39, 0.29) is 18.3 Å².